The van der Waals surface area contributed by atoms with Gasteiger partial charge in [-0.3, -0.25) is 0 Å². The zero-order chi connectivity index (χ0) is 12.6. The summed E-state index contributed by atoms with van der Waals surface area (Å²) >= 11 is 0. The van der Waals surface area contributed by atoms with E-state index in [1.54, 1.807) is 0 Å². The van der Waals surface area contributed by atoms with Crippen LogP contribution in [0.1, 0.15) is 33.6 Å². The Morgan fingerprint density at radius 3 is 1.94 bits per heavy atom. The number of hydrogen-bond acceptors (Lipinski definition) is 3. The Morgan fingerprint density at radius 2 is 1.69 bits per heavy atom. The van der Waals surface area contributed by atoms with Gasteiger partial charge in [0, 0.05) is 13.1 Å². The summed E-state index contributed by atoms with van der Waals surface area (Å²) in [5, 5.41) is 9.35. The molecule has 0 aromatic rings. The lowest BCUT2D eigenvalue weighted by Crippen LogP contribution is -2.47. The van der Waals surface area contributed by atoms with Crippen molar-refractivity contribution in [3.63, 3.8) is 0 Å². The maximum absolute atomic E-state index is 11.4. The zero-order valence-electron chi connectivity index (χ0n) is 10.4. The highest BCUT2D eigenvalue weighted by atomic mass is 32.2. The van der Waals surface area contributed by atoms with Gasteiger partial charge in [-0.2, -0.15) is 5.26 Å². The Bertz CT molecular complexity index is 393. The van der Waals surface area contributed by atoms with Crippen molar-refractivity contribution in [3.05, 3.63) is 0 Å². The molecule has 0 aliphatic carbocycles. The van der Waals surface area contributed by atoms with Crippen LogP contribution in [0.5, 0.6) is 0 Å². The molecule has 0 amide bonds. The fraction of sp³-hybridized carbons (Fsp3) is 0.909. The second-order valence-electron chi connectivity index (χ2n) is 5.61. The molecule has 16 heavy (non-hydrogen) atoms. The molecule has 0 atom stereocenters. The van der Waals surface area contributed by atoms with E-state index in [-0.39, 0.29) is 5.41 Å². The van der Waals surface area contributed by atoms with E-state index in [1.807, 2.05) is 20.8 Å². The lowest BCUT2D eigenvalue weighted by molar-refractivity contribution is 0.0841. The molecule has 0 unspecified atom stereocenters. The predicted molar refractivity (Wildman–Crippen MR) is 63.2 cm³/mol. The van der Waals surface area contributed by atoms with Crippen LogP contribution in [0.4, 0.5) is 0 Å². The van der Waals surface area contributed by atoms with Gasteiger partial charge in [-0.25, -0.2) is 12.7 Å². The molecule has 5 heteroatoms. The zero-order valence-corrected chi connectivity index (χ0v) is 11.3. The molecule has 0 N–H and O–H groups in total. The summed E-state index contributed by atoms with van der Waals surface area (Å²) in [5.41, 5.74) is -0.500. The van der Waals surface area contributed by atoms with E-state index in [0.717, 1.165) is 0 Å². The molecule has 1 heterocycles. The third-order valence-corrected chi connectivity index (χ3v) is 5.00. The van der Waals surface area contributed by atoms with Crippen LogP contribution < -0.4 is 0 Å². The molecule has 1 fully saturated rings. The van der Waals surface area contributed by atoms with Crippen LogP contribution in [0, 0.1) is 22.2 Å². The summed E-state index contributed by atoms with van der Waals surface area (Å²) in [4.78, 5) is 0. The maximum atomic E-state index is 11.4. The Balaban J connectivity index is 2.85. The molecule has 0 saturated carbocycles. The van der Waals surface area contributed by atoms with Gasteiger partial charge in [0.15, 0.2) is 0 Å². The molecule has 1 rings (SSSR count). The first-order valence-electron chi connectivity index (χ1n) is 5.49. The first-order chi connectivity index (χ1) is 7.12. The molecular formula is C11H20N2O2S. The highest BCUT2D eigenvalue weighted by Crippen LogP contribution is 2.46. The van der Waals surface area contributed by atoms with Gasteiger partial charge >= 0.3 is 0 Å². The van der Waals surface area contributed by atoms with Gasteiger partial charge < -0.3 is 0 Å². The van der Waals surface area contributed by atoms with E-state index < -0.39 is 15.4 Å². The van der Waals surface area contributed by atoms with Gasteiger partial charge in [-0.05, 0) is 18.3 Å². The summed E-state index contributed by atoms with van der Waals surface area (Å²) in [6.45, 7) is 7.07. The maximum Gasteiger partial charge on any atom is 0.211 e. The molecule has 0 radical (unpaired) electrons. The Morgan fingerprint density at radius 1 is 1.25 bits per heavy atom. The van der Waals surface area contributed by atoms with Gasteiger partial charge in [0.1, 0.15) is 0 Å². The van der Waals surface area contributed by atoms with Crippen molar-refractivity contribution in [2.45, 2.75) is 33.6 Å². The summed E-state index contributed by atoms with van der Waals surface area (Å²) in [5.74, 6) is 0. The van der Waals surface area contributed by atoms with E-state index in [2.05, 4.69) is 6.07 Å². The average Bonchev–Trinajstić information content (AvgIpc) is 2.14. The van der Waals surface area contributed by atoms with Crippen molar-refractivity contribution >= 4 is 10.0 Å². The van der Waals surface area contributed by atoms with E-state index >= 15 is 0 Å². The fourth-order valence-corrected chi connectivity index (χ4v) is 3.07. The van der Waals surface area contributed by atoms with Gasteiger partial charge in [0.2, 0.25) is 10.0 Å². The third kappa shape index (κ3) is 2.38. The van der Waals surface area contributed by atoms with Crippen LogP contribution in [0.2, 0.25) is 0 Å². The molecule has 1 aliphatic heterocycles. The topological polar surface area (TPSA) is 61.2 Å². The molecule has 0 bridgehead atoms. The summed E-state index contributed by atoms with van der Waals surface area (Å²) in [6.07, 6.45) is 2.48. The summed E-state index contributed by atoms with van der Waals surface area (Å²) in [6, 6.07) is 2.41. The van der Waals surface area contributed by atoms with E-state index in [0.29, 0.717) is 25.9 Å². The van der Waals surface area contributed by atoms with Crippen LogP contribution in [0.15, 0.2) is 0 Å². The smallest absolute Gasteiger partial charge is 0.211 e. The molecule has 92 valence electrons. The Labute approximate surface area is 98.3 Å². The monoisotopic (exact) mass is 244 g/mol. The minimum Gasteiger partial charge on any atom is -0.213 e. The van der Waals surface area contributed by atoms with Crippen LogP contribution >= 0.6 is 0 Å². The van der Waals surface area contributed by atoms with Gasteiger partial charge in [-0.15, -0.1) is 0 Å². The number of hydrogen-bond donors (Lipinski definition) is 0. The van der Waals surface area contributed by atoms with Crippen LogP contribution in [-0.2, 0) is 10.0 Å². The molecular weight excluding hydrogens is 224 g/mol. The highest BCUT2D eigenvalue weighted by molar-refractivity contribution is 7.88. The Hall–Kier alpha value is -0.600. The molecule has 0 aromatic heterocycles. The Kier molecular flexibility index (Phi) is 3.37. The van der Waals surface area contributed by atoms with E-state index in [9.17, 15) is 13.7 Å². The number of rotatable bonds is 1. The van der Waals surface area contributed by atoms with E-state index in [4.69, 9.17) is 0 Å². The number of sulfonamides is 1. The molecule has 0 spiro atoms. The fourth-order valence-electron chi connectivity index (χ4n) is 2.23. The molecule has 1 saturated heterocycles. The minimum atomic E-state index is -3.11. The van der Waals surface area contributed by atoms with Crippen LogP contribution in [0.25, 0.3) is 0 Å². The molecule has 4 nitrogen and oxygen atoms in total. The van der Waals surface area contributed by atoms with Crippen molar-refractivity contribution in [1.29, 1.82) is 5.26 Å². The first kappa shape index (κ1) is 13.5. The standard InChI is InChI=1S/C11H20N2O2S/c1-10(2,3)11(9-12)5-7-13(8-6-11)16(4,14)15/h5-8H2,1-4H3. The largest absolute Gasteiger partial charge is 0.213 e. The quantitative estimate of drug-likeness (QED) is 0.704. The van der Waals surface area contributed by atoms with Crippen molar-refractivity contribution in [1.82, 2.24) is 4.31 Å². The second-order valence-corrected chi connectivity index (χ2v) is 7.59. The van der Waals surface area contributed by atoms with Crippen molar-refractivity contribution < 1.29 is 8.42 Å². The van der Waals surface area contributed by atoms with Gasteiger partial charge in [0.05, 0.1) is 17.7 Å². The second kappa shape index (κ2) is 4.01. The SMILES string of the molecule is CC(C)(C)C1(C#N)CCN(S(C)(=O)=O)CC1. The van der Waals surface area contributed by atoms with Crippen LogP contribution in [-0.4, -0.2) is 32.1 Å². The van der Waals surface area contributed by atoms with Gasteiger partial charge in [-0.1, -0.05) is 20.8 Å². The third-order valence-electron chi connectivity index (χ3n) is 3.69. The number of nitriles is 1. The number of nitrogens with zero attached hydrogens (tertiary/aromatic N) is 2. The van der Waals surface area contributed by atoms with Crippen molar-refractivity contribution in [3.8, 4) is 6.07 Å². The minimum absolute atomic E-state index is 0.106. The van der Waals surface area contributed by atoms with Crippen molar-refractivity contribution in [2.24, 2.45) is 10.8 Å². The van der Waals surface area contributed by atoms with Gasteiger partial charge in [0.25, 0.3) is 0 Å². The molecule has 1 aliphatic rings. The average molecular weight is 244 g/mol. The lowest BCUT2D eigenvalue weighted by Gasteiger charge is -2.44. The first-order valence-corrected chi connectivity index (χ1v) is 7.34. The number of piperidine rings is 1. The normalized spacial score (nSPS) is 22.7. The van der Waals surface area contributed by atoms with Crippen molar-refractivity contribution in [2.75, 3.05) is 19.3 Å². The molecule has 0 aromatic carbocycles. The van der Waals surface area contributed by atoms with E-state index in [1.165, 1.54) is 10.6 Å². The summed E-state index contributed by atoms with van der Waals surface area (Å²) in [7, 11) is -3.11. The summed E-state index contributed by atoms with van der Waals surface area (Å²) < 4.78 is 24.2. The predicted octanol–water partition coefficient (Wildman–Crippen LogP) is 1.60. The van der Waals surface area contributed by atoms with Crippen LogP contribution in [0.3, 0.4) is 0 Å². The lowest BCUT2D eigenvalue weighted by atomic mass is 9.62. The highest BCUT2D eigenvalue weighted by Gasteiger charge is 2.45.